The summed E-state index contributed by atoms with van der Waals surface area (Å²) in [5.74, 6) is 0.743. The zero-order valence-corrected chi connectivity index (χ0v) is 30.0. The fourth-order valence-corrected chi connectivity index (χ4v) is 6.30. The van der Waals surface area contributed by atoms with Crippen LogP contribution in [0.5, 0.6) is 0 Å². The number of rotatable bonds is 11. The van der Waals surface area contributed by atoms with Crippen molar-refractivity contribution >= 4 is 17.2 Å². The van der Waals surface area contributed by atoms with Crippen LogP contribution >= 0.6 is 0 Å². The van der Waals surface area contributed by atoms with Gasteiger partial charge in [0.2, 0.25) is 0 Å². The Balaban J connectivity index is 1.91. The molecule has 3 rings (SSSR count). The number of carbonyl (C=O) groups excluding carboxylic acids is 1. The Kier molecular flexibility index (Phi) is 14.3. The minimum Gasteiger partial charge on any atom is -0.394 e. The molecule has 1 N–H and O–H groups in total. The van der Waals surface area contributed by atoms with Gasteiger partial charge in [0.05, 0.1) is 24.6 Å². The first-order valence-corrected chi connectivity index (χ1v) is 16.9. The van der Waals surface area contributed by atoms with E-state index >= 15 is 0 Å². The number of aliphatic imine (C=N–C) groups is 2. The summed E-state index contributed by atoms with van der Waals surface area (Å²) in [6, 6.07) is 0. The highest BCUT2D eigenvalue weighted by Gasteiger charge is 2.27. The first kappa shape index (κ1) is 37.6. The predicted molar refractivity (Wildman–Crippen MR) is 198 cm³/mol. The third kappa shape index (κ3) is 10.3. The number of ketones is 1. The van der Waals surface area contributed by atoms with Crippen molar-refractivity contribution in [2.45, 2.75) is 74.1 Å². The van der Waals surface area contributed by atoms with E-state index in [9.17, 15) is 4.79 Å². The van der Waals surface area contributed by atoms with Gasteiger partial charge in [0, 0.05) is 50.6 Å². The molecule has 0 aromatic carbocycles. The molecule has 0 radical (unpaired) electrons. The predicted octanol–water partition coefficient (Wildman–Crippen LogP) is 8.39. The van der Waals surface area contributed by atoms with Crippen molar-refractivity contribution in [1.82, 2.24) is 4.90 Å². The van der Waals surface area contributed by atoms with Crippen LogP contribution in [-0.2, 0) is 9.53 Å². The quantitative estimate of drug-likeness (QED) is 0.0617. The zero-order valence-electron chi connectivity index (χ0n) is 30.0. The van der Waals surface area contributed by atoms with Gasteiger partial charge in [0.25, 0.3) is 0 Å². The van der Waals surface area contributed by atoms with Gasteiger partial charge in [0.15, 0.2) is 5.78 Å². The number of ether oxygens (including phenoxy) is 1. The fraction of sp³-hybridized carbons (Fsp3) is 0.463. The molecule has 0 saturated carbocycles. The molecule has 0 amide bonds. The van der Waals surface area contributed by atoms with Crippen molar-refractivity contribution < 1.29 is 14.6 Å². The van der Waals surface area contributed by atoms with Gasteiger partial charge >= 0.3 is 0 Å². The maximum absolute atomic E-state index is 13.2. The average molecular weight is 638 g/mol. The highest BCUT2D eigenvalue weighted by Crippen LogP contribution is 2.33. The summed E-state index contributed by atoms with van der Waals surface area (Å²) >= 11 is 0. The van der Waals surface area contributed by atoms with E-state index in [0.717, 1.165) is 71.6 Å². The first-order valence-electron chi connectivity index (χ1n) is 16.9. The minimum absolute atomic E-state index is 0.0598. The van der Waals surface area contributed by atoms with Crippen LogP contribution < -0.4 is 0 Å². The number of hydrogen-bond donors (Lipinski definition) is 1. The molecule has 3 aliphatic rings. The zero-order chi connectivity index (χ0) is 34.7. The lowest BCUT2D eigenvalue weighted by Crippen LogP contribution is -2.28. The van der Waals surface area contributed by atoms with Crippen molar-refractivity contribution in [1.29, 1.82) is 0 Å². The summed E-state index contributed by atoms with van der Waals surface area (Å²) in [4.78, 5) is 25.3. The van der Waals surface area contributed by atoms with Crippen molar-refractivity contribution in [3.63, 3.8) is 0 Å². The van der Waals surface area contributed by atoms with E-state index in [1.165, 1.54) is 11.1 Å². The van der Waals surface area contributed by atoms with E-state index in [1.807, 2.05) is 6.08 Å². The third-order valence-corrected chi connectivity index (χ3v) is 9.36. The average Bonchev–Trinajstić information content (AvgIpc) is 3.28. The number of aliphatic hydroxyl groups is 1. The second-order valence-corrected chi connectivity index (χ2v) is 12.9. The normalized spacial score (nSPS) is 25.5. The van der Waals surface area contributed by atoms with Crippen molar-refractivity contribution in [2.24, 2.45) is 21.8 Å². The fourth-order valence-electron chi connectivity index (χ4n) is 6.30. The Labute approximate surface area is 283 Å². The molecule has 6 heteroatoms. The summed E-state index contributed by atoms with van der Waals surface area (Å²) in [6.45, 7) is 26.3. The maximum atomic E-state index is 13.2. The van der Waals surface area contributed by atoms with Crippen LogP contribution in [0.1, 0.15) is 74.1 Å². The first-order chi connectivity index (χ1) is 22.4. The van der Waals surface area contributed by atoms with Crippen LogP contribution in [0, 0.1) is 11.8 Å². The monoisotopic (exact) mass is 637 g/mol. The lowest BCUT2D eigenvalue weighted by molar-refractivity contribution is -0.111. The lowest BCUT2D eigenvalue weighted by Gasteiger charge is -2.28. The topological polar surface area (TPSA) is 74.5 Å². The standard InChI is InChI=1S/C41H55N3O3/c1-11-35(44-17-16-29(4)36(34(9)26-44)13-12-19-47-20-18-45)22-32(7)38-23-33(8)41(46)25-40(43-38)39(42-10)24-37-28(3)15-14-27(2)30(5)21-31(37)6/h11,14-15,22,24-25,34,36,45H,4,8,12-13,16-20,23,26H2,1-3,5-7,9-10H3/b27-14-,28-15-,32-22-,35-11+,37-24+,42-39+/t21?,34-,36?/m1/s1. The van der Waals surface area contributed by atoms with Crippen LogP contribution in [0.2, 0.25) is 0 Å². The Morgan fingerprint density at radius 1 is 1.17 bits per heavy atom. The minimum atomic E-state index is -0.128. The van der Waals surface area contributed by atoms with Gasteiger partial charge in [-0.2, -0.15) is 0 Å². The molecule has 0 bridgehead atoms. The molecule has 2 atom stereocenters. The van der Waals surface area contributed by atoms with E-state index in [0.29, 0.717) is 48.5 Å². The van der Waals surface area contributed by atoms with E-state index in [4.69, 9.17) is 14.8 Å². The summed E-state index contributed by atoms with van der Waals surface area (Å²) < 4.78 is 5.50. The molecule has 1 saturated heterocycles. The van der Waals surface area contributed by atoms with Crippen LogP contribution in [0.3, 0.4) is 0 Å². The second-order valence-electron chi connectivity index (χ2n) is 12.9. The molecule has 47 heavy (non-hydrogen) atoms. The van der Waals surface area contributed by atoms with Gasteiger partial charge in [-0.05, 0) is 124 Å². The number of likely N-dealkylation sites (tertiary alicyclic amines) is 1. The van der Waals surface area contributed by atoms with Crippen molar-refractivity contribution in [3.8, 4) is 0 Å². The number of allylic oxidation sites excluding steroid dienone is 12. The molecule has 0 spiro atoms. The molecule has 1 fully saturated rings. The Morgan fingerprint density at radius 3 is 2.57 bits per heavy atom. The Hall–Kier alpha value is -3.83. The van der Waals surface area contributed by atoms with E-state index < -0.39 is 0 Å². The van der Waals surface area contributed by atoms with Crippen LogP contribution in [0.25, 0.3) is 0 Å². The van der Waals surface area contributed by atoms with Crippen molar-refractivity contribution in [2.75, 3.05) is 40.0 Å². The lowest BCUT2D eigenvalue weighted by atomic mass is 9.84. The van der Waals surface area contributed by atoms with E-state index in [-0.39, 0.29) is 12.4 Å². The molecular formula is C41H55N3O3. The number of nitrogens with zero attached hydrogens (tertiary/aromatic N) is 3. The number of carbonyl (C=O) groups is 1. The molecule has 1 unspecified atom stereocenters. The SMILES string of the molecule is C=C1CC(/C(C)=C\C(=C/C)N2CCC(=C)C(CCCOCCO)[C@H](C)C2)=NC(C(/C=C2C(C)=C=C(C)/C(C)=C\C=C/2C)=N/C)=CC1=O. The molecular weight excluding hydrogens is 582 g/mol. The molecule has 0 aromatic rings. The van der Waals surface area contributed by atoms with Crippen molar-refractivity contribution in [3.05, 3.63) is 111 Å². The second kappa shape index (κ2) is 17.9. The number of hydrogen-bond acceptors (Lipinski definition) is 6. The third-order valence-electron chi connectivity index (χ3n) is 9.36. The van der Waals surface area contributed by atoms with E-state index in [2.05, 4.69) is 102 Å². The van der Waals surface area contributed by atoms with Gasteiger partial charge < -0.3 is 14.7 Å². The molecule has 2 heterocycles. The van der Waals surface area contributed by atoms with Crippen LogP contribution in [0.4, 0.5) is 0 Å². The highest BCUT2D eigenvalue weighted by molar-refractivity contribution is 6.20. The molecule has 1 aliphatic carbocycles. The number of aliphatic hydroxyl groups excluding tert-OH is 1. The largest absolute Gasteiger partial charge is 0.394 e. The van der Waals surface area contributed by atoms with Gasteiger partial charge in [-0.25, -0.2) is 0 Å². The van der Waals surface area contributed by atoms with E-state index in [1.54, 1.807) is 13.1 Å². The smallest absolute Gasteiger partial charge is 0.183 e. The van der Waals surface area contributed by atoms with Gasteiger partial charge in [-0.3, -0.25) is 14.8 Å². The van der Waals surface area contributed by atoms with Crippen LogP contribution in [-0.4, -0.2) is 67.2 Å². The van der Waals surface area contributed by atoms with Gasteiger partial charge in [-0.15, -0.1) is 5.73 Å². The highest BCUT2D eigenvalue weighted by atomic mass is 16.5. The van der Waals surface area contributed by atoms with Gasteiger partial charge in [-0.1, -0.05) is 43.9 Å². The molecule has 0 aromatic heterocycles. The summed E-state index contributed by atoms with van der Waals surface area (Å²) in [5.41, 5.74) is 14.8. The summed E-state index contributed by atoms with van der Waals surface area (Å²) in [5, 5.41) is 8.98. The molecule has 6 nitrogen and oxygen atoms in total. The molecule has 252 valence electrons. The Morgan fingerprint density at radius 2 is 1.89 bits per heavy atom. The maximum Gasteiger partial charge on any atom is 0.183 e. The summed E-state index contributed by atoms with van der Waals surface area (Å²) in [7, 11) is 1.74. The summed E-state index contributed by atoms with van der Waals surface area (Å²) in [6.07, 6.45) is 15.5. The van der Waals surface area contributed by atoms with Gasteiger partial charge in [0.1, 0.15) is 0 Å². The Bertz CT molecular complexity index is 1560. The van der Waals surface area contributed by atoms with Crippen LogP contribution in [0.15, 0.2) is 121 Å². The molecule has 2 aliphatic heterocycles.